The lowest BCUT2D eigenvalue weighted by Crippen LogP contribution is -2.54. The van der Waals surface area contributed by atoms with E-state index in [1.807, 2.05) is 31.2 Å². The van der Waals surface area contributed by atoms with Crippen molar-refractivity contribution in [3.05, 3.63) is 29.8 Å². The third-order valence-electron chi connectivity index (χ3n) is 5.21. The Hall–Kier alpha value is -2.32. The molecule has 1 saturated carbocycles. The summed E-state index contributed by atoms with van der Waals surface area (Å²) in [6.07, 6.45) is 1.54. The molecule has 0 bridgehead atoms. The quantitative estimate of drug-likeness (QED) is 0.435. The number of ether oxygens (including phenoxy) is 1. The summed E-state index contributed by atoms with van der Waals surface area (Å²) in [4.78, 5) is 21.0. The molecule has 3 rings (SSSR count). The molecule has 8 nitrogen and oxygen atoms in total. The van der Waals surface area contributed by atoms with Gasteiger partial charge in [0.05, 0.1) is 26.3 Å². The molecular weight excluding hydrogens is 370 g/mol. The lowest BCUT2D eigenvalue weighted by molar-refractivity contribution is -0.122. The van der Waals surface area contributed by atoms with E-state index in [1.165, 1.54) is 0 Å². The molecule has 29 heavy (non-hydrogen) atoms. The van der Waals surface area contributed by atoms with Crippen LogP contribution in [0.1, 0.15) is 31.4 Å². The largest absolute Gasteiger partial charge is 0.497 e. The van der Waals surface area contributed by atoms with Gasteiger partial charge in [0, 0.05) is 38.8 Å². The molecule has 1 atom stereocenters. The monoisotopic (exact) mass is 403 g/mol. The minimum absolute atomic E-state index is 0.128. The Morgan fingerprint density at radius 2 is 2.07 bits per heavy atom. The highest BCUT2D eigenvalue weighted by Gasteiger charge is 2.26. The number of benzene rings is 1. The van der Waals surface area contributed by atoms with Gasteiger partial charge < -0.3 is 25.4 Å². The topological polar surface area (TPSA) is 89.4 Å². The van der Waals surface area contributed by atoms with Crippen molar-refractivity contribution in [2.45, 2.75) is 31.9 Å². The first-order chi connectivity index (χ1) is 14.1. The van der Waals surface area contributed by atoms with Crippen LogP contribution in [-0.4, -0.2) is 85.7 Å². The van der Waals surface area contributed by atoms with E-state index in [2.05, 4.69) is 25.4 Å². The van der Waals surface area contributed by atoms with Crippen LogP contribution in [0.3, 0.4) is 0 Å². The molecule has 2 aliphatic rings. The minimum atomic E-state index is -0.689. The lowest BCUT2D eigenvalue weighted by atomic mass is 10.1. The van der Waals surface area contributed by atoms with Gasteiger partial charge in [0.2, 0.25) is 5.91 Å². The summed E-state index contributed by atoms with van der Waals surface area (Å²) < 4.78 is 5.23. The van der Waals surface area contributed by atoms with Crippen molar-refractivity contribution < 1.29 is 14.6 Å². The number of nitrogens with one attached hydrogen (secondary N) is 2. The number of hydrogen-bond acceptors (Lipinski definition) is 5. The molecule has 1 aliphatic heterocycles. The molecule has 3 N–H and O–H groups in total. The van der Waals surface area contributed by atoms with Crippen LogP contribution < -0.4 is 15.4 Å². The number of rotatable bonds is 8. The molecule has 1 saturated heterocycles. The molecule has 160 valence electrons. The summed E-state index contributed by atoms with van der Waals surface area (Å²) in [6.45, 7) is 6.79. The average molecular weight is 404 g/mol. The van der Waals surface area contributed by atoms with Crippen molar-refractivity contribution in [3.63, 3.8) is 0 Å². The second kappa shape index (κ2) is 10.5. The van der Waals surface area contributed by atoms with E-state index in [9.17, 15) is 9.90 Å². The van der Waals surface area contributed by atoms with Crippen LogP contribution in [-0.2, 0) is 4.79 Å². The van der Waals surface area contributed by atoms with E-state index in [0.29, 0.717) is 12.6 Å². The van der Waals surface area contributed by atoms with Gasteiger partial charge in [-0.25, -0.2) is 0 Å². The number of amides is 1. The predicted molar refractivity (Wildman–Crippen MR) is 113 cm³/mol. The third kappa shape index (κ3) is 6.61. The van der Waals surface area contributed by atoms with Crippen molar-refractivity contribution in [2.24, 2.45) is 4.99 Å². The molecule has 1 amide bonds. The van der Waals surface area contributed by atoms with Crippen LogP contribution in [0.5, 0.6) is 5.75 Å². The number of nitrogens with zero attached hydrogens (tertiary/aromatic N) is 3. The Kier molecular flexibility index (Phi) is 7.71. The molecule has 0 radical (unpaired) electrons. The maximum Gasteiger partial charge on any atom is 0.234 e. The highest BCUT2D eigenvalue weighted by atomic mass is 16.5. The molecule has 8 heteroatoms. The number of aliphatic hydroxyl groups is 1. The minimum Gasteiger partial charge on any atom is -0.497 e. The fraction of sp³-hybridized carbons (Fsp3) is 0.619. The molecule has 0 aromatic heterocycles. The van der Waals surface area contributed by atoms with Gasteiger partial charge in [-0.05, 0) is 37.5 Å². The normalized spacial score (nSPS) is 19.0. The summed E-state index contributed by atoms with van der Waals surface area (Å²) in [6, 6.07) is 7.84. The van der Waals surface area contributed by atoms with Gasteiger partial charge in [-0.3, -0.25) is 14.7 Å². The summed E-state index contributed by atoms with van der Waals surface area (Å²) in [5.41, 5.74) is 0.787. The maximum atomic E-state index is 12.0. The van der Waals surface area contributed by atoms with Crippen LogP contribution in [0, 0.1) is 0 Å². The van der Waals surface area contributed by atoms with E-state index in [-0.39, 0.29) is 12.5 Å². The van der Waals surface area contributed by atoms with E-state index < -0.39 is 6.10 Å². The van der Waals surface area contributed by atoms with Crippen LogP contribution >= 0.6 is 0 Å². The summed E-state index contributed by atoms with van der Waals surface area (Å²) >= 11 is 0. The van der Waals surface area contributed by atoms with E-state index >= 15 is 0 Å². The molecule has 1 aliphatic carbocycles. The number of guanidine groups is 1. The third-order valence-corrected chi connectivity index (χ3v) is 5.21. The molecule has 1 heterocycles. The van der Waals surface area contributed by atoms with E-state index in [0.717, 1.165) is 62.8 Å². The van der Waals surface area contributed by atoms with Crippen molar-refractivity contribution >= 4 is 11.9 Å². The van der Waals surface area contributed by atoms with Gasteiger partial charge in [-0.1, -0.05) is 12.1 Å². The fourth-order valence-electron chi connectivity index (χ4n) is 3.37. The number of carbonyl (C=O) groups excluding carboxylic acids is 1. The van der Waals surface area contributed by atoms with Gasteiger partial charge >= 0.3 is 0 Å². The highest BCUT2D eigenvalue weighted by Crippen LogP contribution is 2.20. The number of aliphatic imine (C=N–C) groups is 1. The first kappa shape index (κ1) is 21.4. The molecular formula is C21H33N5O3. The van der Waals surface area contributed by atoms with Crippen LogP contribution in [0.4, 0.5) is 0 Å². The Bertz CT molecular complexity index is 699. The SMILES string of the molecule is CCNC(=NCC(O)c1cccc(OC)c1)N1CCN(CC(=O)NC2CC2)CC1. The standard InChI is InChI=1S/C21H33N5O3/c1-3-22-21(23-14-19(27)16-5-4-6-18(13-16)29-2)26-11-9-25(10-12-26)15-20(28)24-17-7-8-17/h4-6,13,17,19,27H,3,7-12,14-15H2,1-2H3,(H,22,23)(H,24,28). The number of hydrogen-bond donors (Lipinski definition) is 3. The van der Waals surface area contributed by atoms with Gasteiger partial charge in [-0.2, -0.15) is 0 Å². The fourth-order valence-corrected chi connectivity index (χ4v) is 3.37. The maximum absolute atomic E-state index is 12.0. The molecule has 1 unspecified atom stereocenters. The number of methoxy groups -OCH3 is 1. The Morgan fingerprint density at radius 3 is 2.72 bits per heavy atom. The van der Waals surface area contributed by atoms with E-state index in [4.69, 9.17) is 4.74 Å². The zero-order valence-corrected chi connectivity index (χ0v) is 17.4. The Morgan fingerprint density at radius 1 is 1.31 bits per heavy atom. The highest BCUT2D eigenvalue weighted by molar-refractivity contribution is 5.80. The molecule has 1 aromatic rings. The van der Waals surface area contributed by atoms with Gasteiger partial charge in [0.25, 0.3) is 0 Å². The first-order valence-corrected chi connectivity index (χ1v) is 10.5. The summed E-state index contributed by atoms with van der Waals surface area (Å²) in [5, 5.41) is 16.9. The second-order valence-corrected chi connectivity index (χ2v) is 7.59. The Balaban J connectivity index is 1.51. The Labute approximate surface area is 172 Å². The van der Waals surface area contributed by atoms with E-state index in [1.54, 1.807) is 7.11 Å². The van der Waals surface area contributed by atoms with Gasteiger partial charge in [-0.15, -0.1) is 0 Å². The number of piperazine rings is 1. The summed E-state index contributed by atoms with van der Waals surface area (Å²) in [7, 11) is 1.61. The average Bonchev–Trinajstić information content (AvgIpc) is 3.55. The lowest BCUT2D eigenvalue weighted by Gasteiger charge is -2.36. The smallest absolute Gasteiger partial charge is 0.234 e. The predicted octanol–water partition coefficient (Wildman–Crippen LogP) is 0.590. The second-order valence-electron chi connectivity index (χ2n) is 7.59. The van der Waals surface area contributed by atoms with Crippen molar-refractivity contribution in [1.29, 1.82) is 0 Å². The molecule has 1 aromatic carbocycles. The first-order valence-electron chi connectivity index (χ1n) is 10.5. The van der Waals surface area contributed by atoms with Crippen LogP contribution in [0.25, 0.3) is 0 Å². The molecule has 2 fully saturated rings. The van der Waals surface area contributed by atoms with Gasteiger partial charge in [0.1, 0.15) is 5.75 Å². The van der Waals surface area contributed by atoms with Gasteiger partial charge in [0.15, 0.2) is 5.96 Å². The molecule has 0 spiro atoms. The number of aliphatic hydroxyl groups excluding tert-OH is 1. The van der Waals surface area contributed by atoms with Crippen LogP contribution in [0.15, 0.2) is 29.3 Å². The zero-order chi connectivity index (χ0) is 20.6. The zero-order valence-electron chi connectivity index (χ0n) is 17.4. The summed E-state index contributed by atoms with van der Waals surface area (Å²) in [5.74, 6) is 1.65. The van der Waals surface area contributed by atoms with Crippen LogP contribution in [0.2, 0.25) is 0 Å². The number of carbonyl (C=O) groups is 1. The van der Waals surface area contributed by atoms with Crippen molar-refractivity contribution in [3.8, 4) is 5.75 Å². The van der Waals surface area contributed by atoms with Crippen molar-refractivity contribution in [1.82, 2.24) is 20.4 Å². The van der Waals surface area contributed by atoms with Crippen molar-refractivity contribution in [2.75, 3.05) is 52.9 Å².